The van der Waals surface area contributed by atoms with Crippen molar-refractivity contribution in [2.24, 2.45) is 0 Å². The van der Waals surface area contributed by atoms with Crippen LogP contribution >= 0.6 is 12.2 Å². The maximum Gasteiger partial charge on any atom is 0.265 e. The third-order valence-corrected chi connectivity index (χ3v) is 5.87. The molecule has 1 atom stereocenters. The van der Waals surface area contributed by atoms with Crippen LogP contribution in [0.15, 0.2) is 48.5 Å². The molecule has 0 spiro atoms. The van der Waals surface area contributed by atoms with Gasteiger partial charge in [-0.1, -0.05) is 31.2 Å². The summed E-state index contributed by atoms with van der Waals surface area (Å²) in [6.07, 6.45) is 3.73. The lowest BCUT2D eigenvalue weighted by Crippen LogP contribution is -2.53. The number of nitrogens with one attached hydrogen (secondary N) is 1. The maximum atomic E-state index is 13.1. The molecule has 2 aromatic rings. The minimum atomic E-state index is -0.551. The Labute approximate surface area is 177 Å². The van der Waals surface area contributed by atoms with Gasteiger partial charge in [-0.15, -0.1) is 0 Å². The monoisotopic (exact) mass is 409 g/mol. The second-order valence-electron chi connectivity index (χ2n) is 7.55. The highest BCUT2D eigenvalue weighted by Gasteiger charge is 2.35. The SMILES string of the molecule is CCc1cccc(NC(=S)N2C[C@H](C(=O)N3CCCCC3)Oc3ccccc32)c1. The number of fused-ring (bicyclic) bond motifs is 1. The van der Waals surface area contributed by atoms with Crippen LogP contribution in [-0.2, 0) is 11.2 Å². The molecule has 2 aliphatic rings. The van der Waals surface area contributed by atoms with Gasteiger partial charge in [0.05, 0.1) is 12.2 Å². The molecule has 0 aromatic heterocycles. The number of nitrogens with zero attached hydrogens (tertiary/aromatic N) is 2. The van der Waals surface area contributed by atoms with Crippen LogP contribution in [-0.4, -0.2) is 41.7 Å². The number of likely N-dealkylation sites (tertiary alicyclic amines) is 1. The van der Waals surface area contributed by atoms with E-state index in [1.165, 1.54) is 12.0 Å². The summed E-state index contributed by atoms with van der Waals surface area (Å²) in [5.74, 6) is 0.751. The van der Waals surface area contributed by atoms with E-state index in [0.29, 0.717) is 17.4 Å². The summed E-state index contributed by atoms with van der Waals surface area (Å²) in [7, 11) is 0. The van der Waals surface area contributed by atoms with Crippen LogP contribution in [0.4, 0.5) is 11.4 Å². The van der Waals surface area contributed by atoms with Crippen molar-refractivity contribution in [3.8, 4) is 5.75 Å². The molecular formula is C23H27N3O2S. The van der Waals surface area contributed by atoms with Gasteiger partial charge in [0.25, 0.3) is 5.91 Å². The Morgan fingerprint density at radius 1 is 1.14 bits per heavy atom. The number of ether oxygens (including phenoxy) is 1. The summed E-state index contributed by atoms with van der Waals surface area (Å²) >= 11 is 5.74. The lowest BCUT2D eigenvalue weighted by atomic mass is 10.1. The van der Waals surface area contributed by atoms with E-state index >= 15 is 0 Å². The second-order valence-corrected chi connectivity index (χ2v) is 7.94. The molecule has 1 N–H and O–H groups in total. The third-order valence-electron chi connectivity index (χ3n) is 5.55. The van der Waals surface area contributed by atoms with Crippen LogP contribution in [0.1, 0.15) is 31.7 Å². The van der Waals surface area contributed by atoms with E-state index in [1.54, 1.807) is 0 Å². The molecule has 1 saturated heterocycles. The Balaban J connectivity index is 1.55. The zero-order chi connectivity index (χ0) is 20.2. The minimum absolute atomic E-state index is 0.0555. The molecule has 29 heavy (non-hydrogen) atoms. The number of para-hydroxylation sites is 2. The number of carbonyl (C=O) groups is 1. The number of anilines is 2. The van der Waals surface area contributed by atoms with E-state index < -0.39 is 6.10 Å². The predicted octanol–water partition coefficient (Wildman–Crippen LogP) is 4.23. The summed E-state index contributed by atoms with van der Waals surface area (Å²) in [4.78, 5) is 17.0. The molecule has 1 fully saturated rings. The predicted molar refractivity (Wildman–Crippen MR) is 121 cm³/mol. The summed E-state index contributed by atoms with van der Waals surface area (Å²) in [6.45, 7) is 4.16. The van der Waals surface area contributed by atoms with Crippen LogP contribution in [0.5, 0.6) is 5.75 Å². The first kappa shape index (κ1) is 19.7. The summed E-state index contributed by atoms with van der Waals surface area (Å²) in [5, 5.41) is 3.92. The normalized spacial score (nSPS) is 18.6. The van der Waals surface area contributed by atoms with Crippen LogP contribution < -0.4 is 15.0 Å². The van der Waals surface area contributed by atoms with Gasteiger partial charge in [0, 0.05) is 18.8 Å². The number of aryl methyl sites for hydroxylation is 1. The molecule has 1 amide bonds. The Kier molecular flexibility index (Phi) is 6.00. The van der Waals surface area contributed by atoms with E-state index in [1.807, 2.05) is 46.2 Å². The molecule has 4 rings (SSSR count). The van der Waals surface area contributed by atoms with Gasteiger partial charge in [-0.25, -0.2) is 0 Å². The Morgan fingerprint density at radius 2 is 1.93 bits per heavy atom. The minimum Gasteiger partial charge on any atom is -0.476 e. The Morgan fingerprint density at radius 3 is 2.72 bits per heavy atom. The molecule has 2 aromatic carbocycles. The first-order valence-electron chi connectivity index (χ1n) is 10.4. The lowest BCUT2D eigenvalue weighted by Gasteiger charge is -2.38. The third kappa shape index (κ3) is 4.37. The highest BCUT2D eigenvalue weighted by atomic mass is 32.1. The Hall–Kier alpha value is -2.60. The smallest absolute Gasteiger partial charge is 0.265 e. The van der Waals surface area contributed by atoms with E-state index in [4.69, 9.17) is 17.0 Å². The number of benzene rings is 2. The second kappa shape index (κ2) is 8.82. The number of hydrogen-bond donors (Lipinski definition) is 1. The van der Waals surface area contributed by atoms with Crippen LogP contribution in [0.2, 0.25) is 0 Å². The topological polar surface area (TPSA) is 44.8 Å². The van der Waals surface area contributed by atoms with Crippen molar-refractivity contribution < 1.29 is 9.53 Å². The fourth-order valence-corrected chi connectivity index (χ4v) is 4.22. The van der Waals surface area contributed by atoms with E-state index in [9.17, 15) is 4.79 Å². The lowest BCUT2D eigenvalue weighted by molar-refractivity contribution is -0.139. The van der Waals surface area contributed by atoms with Gasteiger partial charge < -0.3 is 19.9 Å². The van der Waals surface area contributed by atoms with Crippen molar-refractivity contribution in [1.29, 1.82) is 0 Å². The van der Waals surface area contributed by atoms with Crippen LogP contribution in [0.3, 0.4) is 0 Å². The number of carbonyl (C=O) groups excluding carboxylic acids is 1. The summed E-state index contributed by atoms with van der Waals surface area (Å²) in [6, 6.07) is 16.0. The molecule has 6 heteroatoms. The fraction of sp³-hybridized carbons (Fsp3) is 0.391. The number of hydrogen-bond acceptors (Lipinski definition) is 3. The molecule has 0 saturated carbocycles. The van der Waals surface area contributed by atoms with Crippen molar-refractivity contribution in [2.75, 3.05) is 29.9 Å². The van der Waals surface area contributed by atoms with E-state index in [0.717, 1.165) is 43.7 Å². The molecule has 0 radical (unpaired) electrons. The van der Waals surface area contributed by atoms with Gasteiger partial charge >= 0.3 is 0 Å². The zero-order valence-corrected chi connectivity index (χ0v) is 17.6. The van der Waals surface area contributed by atoms with Crippen molar-refractivity contribution in [3.05, 3.63) is 54.1 Å². The van der Waals surface area contributed by atoms with Crippen molar-refractivity contribution in [2.45, 2.75) is 38.7 Å². The fourth-order valence-electron chi connectivity index (χ4n) is 3.93. The zero-order valence-electron chi connectivity index (χ0n) is 16.8. The van der Waals surface area contributed by atoms with Crippen LogP contribution in [0.25, 0.3) is 0 Å². The molecule has 2 aliphatic heterocycles. The number of rotatable bonds is 3. The first-order valence-corrected chi connectivity index (χ1v) is 10.8. The maximum absolute atomic E-state index is 13.1. The highest BCUT2D eigenvalue weighted by Crippen LogP contribution is 2.34. The summed E-state index contributed by atoms with van der Waals surface area (Å²) < 4.78 is 6.09. The van der Waals surface area contributed by atoms with Gasteiger partial charge in [-0.2, -0.15) is 0 Å². The first-order chi connectivity index (χ1) is 14.2. The van der Waals surface area contributed by atoms with Crippen LogP contribution in [0, 0.1) is 0 Å². The number of thiocarbonyl (C=S) groups is 1. The van der Waals surface area contributed by atoms with Gasteiger partial charge in [0.15, 0.2) is 11.2 Å². The van der Waals surface area contributed by atoms with Crippen molar-refractivity contribution in [1.82, 2.24) is 4.90 Å². The molecule has 0 aliphatic carbocycles. The number of amides is 1. The van der Waals surface area contributed by atoms with Crippen molar-refractivity contribution >= 4 is 34.6 Å². The van der Waals surface area contributed by atoms with Crippen molar-refractivity contribution in [3.63, 3.8) is 0 Å². The largest absolute Gasteiger partial charge is 0.476 e. The van der Waals surface area contributed by atoms with Gasteiger partial charge in [0.1, 0.15) is 5.75 Å². The Bertz CT molecular complexity index is 895. The molecule has 0 bridgehead atoms. The van der Waals surface area contributed by atoms with Gasteiger partial charge in [0.2, 0.25) is 0 Å². The molecule has 0 unspecified atom stereocenters. The summed E-state index contributed by atoms with van der Waals surface area (Å²) in [5.41, 5.74) is 3.09. The molecule has 2 heterocycles. The van der Waals surface area contributed by atoms with Gasteiger partial charge in [-0.05, 0) is 67.7 Å². The average molecular weight is 410 g/mol. The van der Waals surface area contributed by atoms with Gasteiger partial charge in [-0.3, -0.25) is 4.79 Å². The average Bonchev–Trinajstić information content (AvgIpc) is 2.78. The molecule has 5 nitrogen and oxygen atoms in total. The van der Waals surface area contributed by atoms with E-state index in [2.05, 4.69) is 24.4 Å². The number of piperidine rings is 1. The standard InChI is InChI=1S/C23H27N3O2S/c1-2-17-9-8-10-18(15-17)24-23(29)26-16-21(22(27)25-13-6-3-7-14-25)28-20-12-5-4-11-19(20)26/h4-5,8-12,15,21H,2-3,6-7,13-14,16H2,1H3,(H,24,29)/t21-/m1/s1. The quantitative estimate of drug-likeness (QED) is 0.769. The molecular weight excluding hydrogens is 382 g/mol. The van der Waals surface area contributed by atoms with E-state index in [-0.39, 0.29) is 5.91 Å². The molecule has 152 valence electrons. The highest BCUT2D eigenvalue weighted by molar-refractivity contribution is 7.80.